The standard InChI is InChI=1S/C19H18Cl2N4O2S/c1-2-25-11-18(27-16-8-6-13(20)7-9-16)23-19(24-25)28-12-17(26)22-15-5-3-4-14(21)10-15/h3-10H,2,11-12H2,1H3,(H,22,26). The summed E-state index contributed by atoms with van der Waals surface area (Å²) in [6, 6.07) is 14.1. The maximum absolute atomic E-state index is 12.2. The predicted molar refractivity (Wildman–Crippen MR) is 117 cm³/mol. The predicted octanol–water partition coefficient (Wildman–Crippen LogP) is 4.75. The molecule has 28 heavy (non-hydrogen) atoms. The van der Waals surface area contributed by atoms with E-state index in [4.69, 9.17) is 27.9 Å². The van der Waals surface area contributed by atoms with Crippen molar-refractivity contribution in [3.63, 3.8) is 0 Å². The molecule has 0 bridgehead atoms. The maximum atomic E-state index is 12.2. The molecule has 0 atom stereocenters. The van der Waals surface area contributed by atoms with Crippen LogP contribution in [0.2, 0.25) is 10.0 Å². The number of aliphatic imine (C=N–C) groups is 1. The number of hydrazone groups is 1. The van der Waals surface area contributed by atoms with Gasteiger partial charge >= 0.3 is 0 Å². The molecule has 2 aromatic rings. The smallest absolute Gasteiger partial charge is 0.234 e. The molecule has 0 saturated carbocycles. The first-order valence-electron chi connectivity index (χ1n) is 8.54. The highest BCUT2D eigenvalue weighted by Crippen LogP contribution is 2.19. The maximum Gasteiger partial charge on any atom is 0.234 e. The van der Waals surface area contributed by atoms with Gasteiger partial charge in [-0.15, -0.1) is 5.10 Å². The van der Waals surface area contributed by atoms with E-state index < -0.39 is 0 Å². The van der Waals surface area contributed by atoms with Gasteiger partial charge in [0.2, 0.25) is 17.0 Å². The Morgan fingerprint density at radius 1 is 1.21 bits per heavy atom. The van der Waals surface area contributed by atoms with E-state index in [2.05, 4.69) is 15.4 Å². The molecule has 0 aliphatic carbocycles. The Hall–Kier alpha value is -2.22. The fraction of sp³-hybridized carbons (Fsp3) is 0.211. The number of amidine groups is 1. The van der Waals surface area contributed by atoms with Crippen LogP contribution >= 0.6 is 35.0 Å². The summed E-state index contributed by atoms with van der Waals surface area (Å²) in [5.41, 5.74) is 0.647. The topological polar surface area (TPSA) is 66.3 Å². The minimum Gasteiger partial charge on any atom is -0.441 e. The van der Waals surface area contributed by atoms with E-state index in [1.165, 1.54) is 11.8 Å². The third-order valence-corrected chi connectivity index (χ3v) is 4.94. The van der Waals surface area contributed by atoms with Crippen LogP contribution in [0.25, 0.3) is 0 Å². The minimum absolute atomic E-state index is 0.167. The van der Waals surface area contributed by atoms with Crippen molar-refractivity contribution in [3.8, 4) is 5.75 Å². The molecule has 146 valence electrons. The van der Waals surface area contributed by atoms with Gasteiger partial charge in [0.05, 0.1) is 5.75 Å². The second kappa shape index (κ2) is 9.82. The number of thioether (sulfide) groups is 1. The molecule has 0 fully saturated rings. The van der Waals surface area contributed by atoms with Crippen LogP contribution in [-0.2, 0) is 4.79 Å². The van der Waals surface area contributed by atoms with Crippen LogP contribution in [0.3, 0.4) is 0 Å². The first-order valence-corrected chi connectivity index (χ1v) is 10.3. The molecule has 1 N–H and O–H groups in total. The van der Waals surface area contributed by atoms with E-state index in [1.54, 1.807) is 48.5 Å². The summed E-state index contributed by atoms with van der Waals surface area (Å²) < 4.78 is 5.83. The van der Waals surface area contributed by atoms with Gasteiger partial charge in [-0.25, -0.2) is 0 Å². The van der Waals surface area contributed by atoms with Crippen molar-refractivity contribution in [3.05, 3.63) is 58.6 Å². The number of nitrogens with zero attached hydrogens (tertiary/aromatic N) is 3. The lowest BCUT2D eigenvalue weighted by atomic mass is 10.3. The lowest BCUT2D eigenvalue weighted by Crippen LogP contribution is -2.33. The minimum atomic E-state index is -0.168. The first-order chi connectivity index (χ1) is 13.5. The molecule has 2 aromatic carbocycles. The molecule has 0 radical (unpaired) electrons. The Morgan fingerprint density at radius 2 is 2.00 bits per heavy atom. The molecular formula is C19H18Cl2N4O2S. The number of carbonyl (C=O) groups is 1. The van der Waals surface area contributed by atoms with Crippen molar-refractivity contribution in [2.75, 3.05) is 24.2 Å². The second-order valence-electron chi connectivity index (χ2n) is 5.77. The number of likely N-dealkylation sites (N-methyl/N-ethyl adjacent to an activating group) is 1. The molecular weight excluding hydrogens is 419 g/mol. The SMILES string of the molecule is CCN1CC(Oc2ccc(Cl)cc2)=NC(SCC(=O)Nc2cccc(Cl)c2)=N1. The monoisotopic (exact) mass is 436 g/mol. The number of halogens is 2. The zero-order valence-corrected chi connectivity index (χ0v) is 17.4. The van der Waals surface area contributed by atoms with Crippen LogP contribution in [0.5, 0.6) is 5.75 Å². The summed E-state index contributed by atoms with van der Waals surface area (Å²) in [5, 5.41) is 10.7. The van der Waals surface area contributed by atoms with Gasteiger partial charge in [0, 0.05) is 22.3 Å². The highest BCUT2D eigenvalue weighted by Gasteiger charge is 2.17. The fourth-order valence-corrected chi connectivity index (χ4v) is 3.30. The third-order valence-electron chi connectivity index (χ3n) is 3.62. The molecule has 1 aliphatic heterocycles. The summed E-state index contributed by atoms with van der Waals surface area (Å²) in [6.45, 7) is 3.14. The normalized spacial score (nSPS) is 13.6. The third kappa shape index (κ3) is 6.15. The van der Waals surface area contributed by atoms with Gasteiger partial charge in [-0.2, -0.15) is 4.99 Å². The summed E-state index contributed by atoms with van der Waals surface area (Å²) in [6.07, 6.45) is 0. The molecule has 9 heteroatoms. The molecule has 3 rings (SSSR count). The fourth-order valence-electron chi connectivity index (χ4n) is 2.31. The Labute approximate surface area is 177 Å². The molecule has 0 saturated heterocycles. The van der Waals surface area contributed by atoms with Crippen LogP contribution in [-0.4, -0.2) is 40.8 Å². The number of ether oxygens (including phenoxy) is 1. The number of amides is 1. The molecule has 1 amide bonds. The Bertz CT molecular complexity index is 903. The number of benzene rings is 2. The van der Waals surface area contributed by atoms with E-state index >= 15 is 0 Å². The van der Waals surface area contributed by atoms with Gasteiger partial charge in [0.25, 0.3) is 0 Å². The lowest BCUT2D eigenvalue weighted by Gasteiger charge is -2.23. The molecule has 6 nitrogen and oxygen atoms in total. The average molecular weight is 437 g/mol. The van der Waals surface area contributed by atoms with E-state index in [-0.39, 0.29) is 11.7 Å². The Morgan fingerprint density at radius 3 is 2.71 bits per heavy atom. The van der Waals surface area contributed by atoms with Crippen LogP contribution in [0.4, 0.5) is 5.69 Å². The number of anilines is 1. The second-order valence-corrected chi connectivity index (χ2v) is 7.59. The van der Waals surface area contributed by atoms with Gasteiger partial charge in [-0.3, -0.25) is 9.80 Å². The van der Waals surface area contributed by atoms with Crippen LogP contribution in [0.15, 0.2) is 58.6 Å². The van der Waals surface area contributed by atoms with Crippen molar-refractivity contribution in [2.24, 2.45) is 10.1 Å². The Kier molecular flexibility index (Phi) is 7.19. The van der Waals surface area contributed by atoms with Crippen molar-refractivity contribution in [1.29, 1.82) is 0 Å². The summed E-state index contributed by atoms with van der Waals surface area (Å²) >= 11 is 13.1. The quantitative estimate of drug-likeness (QED) is 0.733. The summed E-state index contributed by atoms with van der Waals surface area (Å²) in [5.74, 6) is 1.15. The number of hydrogen-bond acceptors (Lipinski definition) is 6. The molecule has 1 heterocycles. The highest BCUT2D eigenvalue weighted by atomic mass is 35.5. The van der Waals surface area contributed by atoms with E-state index in [0.717, 1.165) is 0 Å². The van der Waals surface area contributed by atoms with E-state index in [9.17, 15) is 4.79 Å². The Balaban J connectivity index is 1.60. The number of hydrogen-bond donors (Lipinski definition) is 1. The highest BCUT2D eigenvalue weighted by molar-refractivity contribution is 8.14. The van der Waals surface area contributed by atoms with Crippen molar-refractivity contribution >= 4 is 57.6 Å². The lowest BCUT2D eigenvalue weighted by molar-refractivity contribution is -0.113. The first kappa shape index (κ1) is 20.5. The molecule has 0 spiro atoms. The van der Waals surface area contributed by atoms with E-state index in [1.807, 2.05) is 11.9 Å². The molecule has 0 unspecified atom stereocenters. The molecule has 1 aliphatic rings. The number of nitrogens with one attached hydrogen (secondary N) is 1. The summed E-state index contributed by atoms with van der Waals surface area (Å²) in [4.78, 5) is 16.6. The van der Waals surface area contributed by atoms with Crippen molar-refractivity contribution in [1.82, 2.24) is 5.01 Å². The zero-order chi connectivity index (χ0) is 19.9. The number of carbonyl (C=O) groups excluding carboxylic acids is 1. The van der Waals surface area contributed by atoms with Gasteiger partial charge in [-0.1, -0.05) is 41.0 Å². The van der Waals surface area contributed by atoms with Gasteiger partial charge < -0.3 is 10.1 Å². The van der Waals surface area contributed by atoms with Gasteiger partial charge in [-0.05, 0) is 49.4 Å². The zero-order valence-electron chi connectivity index (χ0n) is 15.1. The molecule has 0 aromatic heterocycles. The van der Waals surface area contributed by atoms with Gasteiger partial charge in [0.1, 0.15) is 12.3 Å². The van der Waals surface area contributed by atoms with Crippen molar-refractivity contribution < 1.29 is 9.53 Å². The van der Waals surface area contributed by atoms with Crippen molar-refractivity contribution in [2.45, 2.75) is 6.92 Å². The summed E-state index contributed by atoms with van der Waals surface area (Å²) in [7, 11) is 0. The van der Waals surface area contributed by atoms with Crippen LogP contribution in [0, 0.1) is 0 Å². The van der Waals surface area contributed by atoms with Crippen LogP contribution in [0.1, 0.15) is 6.92 Å². The number of rotatable bonds is 5. The largest absolute Gasteiger partial charge is 0.441 e. The van der Waals surface area contributed by atoms with E-state index in [0.29, 0.717) is 45.6 Å². The van der Waals surface area contributed by atoms with Gasteiger partial charge in [0.15, 0.2) is 0 Å². The van der Waals surface area contributed by atoms with Crippen LogP contribution < -0.4 is 10.1 Å². The average Bonchev–Trinajstić information content (AvgIpc) is 2.68.